The number of hydrogen-bond acceptors (Lipinski definition) is 11. The van der Waals surface area contributed by atoms with Crippen molar-refractivity contribution in [3.8, 4) is 5.88 Å². The first kappa shape index (κ1) is 34.3. The Balaban J connectivity index is 0.000000285. The van der Waals surface area contributed by atoms with Gasteiger partial charge < -0.3 is 19.7 Å². The van der Waals surface area contributed by atoms with Crippen molar-refractivity contribution in [1.29, 1.82) is 0 Å². The summed E-state index contributed by atoms with van der Waals surface area (Å²) in [6.45, 7) is 0. The van der Waals surface area contributed by atoms with E-state index in [1.165, 1.54) is 36.5 Å². The Morgan fingerprint density at radius 1 is 0.974 bits per heavy atom. The monoisotopic (exact) mass is 786 g/mol. The van der Waals surface area contributed by atoms with E-state index in [4.69, 9.17) is 20.2 Å². The zero-order chi connectivity index (χ0) is 29.6. The minimum atomic E-state index is -3.93. The van der Waals surface area contributed by atoms with Crippen molar-refractivity contribution >= 4 is 77.9 Å². The second-order valence-corrected chi connectivity index (χ2v) is 14.3. The van der Waals surface area contributed by atoms with Crippen molar-refractivity contribution in [3.05, 3.63) is 65.5 Å². The van der Waals surface area contributed by atoms with Gasteiger partial charge in [0.05, 0.1) is 7.11 Å². The predicted octanol–water partition coefficient (Wildman–Crippen LogP) is -0.0562. The maximum Gasteiger partial charge on any atom is 0.268 e. The largest absolute Gasteiger partial charge is 0.480 e. The number of sulfonamides is 3. The average molecular weight is 789 g/mol. The van der Waals surface area contributed by atoms with Gasteiger partial charge in [-0.3, -0.25) is 4.79 Å². The van der Waals surface area contributed by atoms with Crippen LogP contribution < -0.4 is 25.7 Å². The summed E-state index contributed by atoms with van der Waals surface area (Å²) in [5.74, 6) is -0.00861. The number of aromatic nitrogens is 2. The van der Waals surface area contributed by atoms with Crippen LogP contribution in [0.4, 0.5) is 0 Å². The van der Waals surface area contributed by atoms with Gasteiger partial charge in [-0.05, 0) is 66.0 Å². The number of allylic oxidation sites excluding steroid dienone is 2. The lowest BCUT2D eigenvalue weighted by molar-refractivity contribution is 0.0924. The van der Waals surface area contributed by atoms with E-state index in [0.29, 0.717) is 13.4 Å². The third-order valence-electron chi connectivity index (χ3n) is 4.00. The van der Waals surface area contributed by atoms with Crippen molar-refractivity contribution in [2.24, 2.45) is 15.4 Å². The average Bonchev–Trinajstić information content (AvgIpc) is 2.76. The number of nitrogens with zero attached hydrogens (tertiary/aromatic N) is 2. The molecular weight excluding hydrogens is 768 g/mol. The van der Waals surface area contributed by atoms with Crippen LogP contribution in [0.15, 0.2) is 69.7 Å². The normalized spacial score (nSPS) is 15.7. The zero-order valence-electron chi connectivity index (χ0n) is 19.2. The van der Waals surface area contributed by atoms with Crippen LogP contribution in [0.5, 0.6) is 5.88 Å². The third kappa shape index (κ3) is 10.5. The molecule has 1 aliphatic heterocycles. The molecule has 0 aromatic carbocycles. The van der Waals surface area contributed by atoms with Crippen LogP contribution in [0.25, 0.3) is 0 Å². The van der Waals surface area contributed by atoms with Gasteiger partial charge in [0, 0.05) is 39.1 Å². The number of aliphatic hydroxyl groups is 1. The first-order chi connectivity index (χ1) is 17.2. The van der Waals surface area contributed by atoms with Crippen LogP contribution in [0.3, 0.4) is 0 Å². The highest BCUT2D eigenvalue weighted by atomic mass is 79.9. The first-order valence-corrected chi connectivity index (χ1v) is 16.3. The Morgan fingerprint density at radius 3 is 1.95 bits per heavy atom. The van der Waals surface area contributed by atoms with Gasteiger partial charge in [-0.15, -0.1) is 0 Å². The number of pyridine rings is 2. The Morgan fingerprint density at radius 2 is 1.50 bits per heavy atom. The molecule has 38 heavy (non-hydrogen) atoms. The van der Waals surface area contributed by atoms with Crippen molar-refractivity contribution in [2.75, 3.05) is 14.2 Å². The maximum atomic E-state index is 11.0. The number of ether oxygens (including phenoxy) is 1. The highest BCUT2D eigenvalue weighted by Gasteiger charge is 2.27. The molecule has 2 aromatic rings. The molecule has 8 N–H and O–H groups in total. The molecular formula is C17H21Br3N6O9S3. The number of aromatic amines is 1. The molecule has 0 aliphatic carbocycles. The summed E-state index contributed by atoms with van der Waals surface area (Å²) in [6, 6.07) is 2.48. The minimum absolute atomic E-state index is 0.00861. The molecule has 1 atom stereocenters. The number of primary sulfonamides is 3. The van der Waals surface area contributed by atoms with Crippen LogP contribution in [0.1, 0.15) is 0 Å². The molecule has 3 rings (SSSR count). The molecule has 0 fully saturated rings. The fourth-order valence-electron chi connectivity index (χ4n) is 2.36. The molecule has 0 bridgehead atoms. The molecule has 212 valence electrons. The fraction of sp³-hybridized carbons (Fsp3) is 0.176. The highest BCUT2D eigenvalue weighted by molar-refractivity contribution is 9.12. The quantitative estimate of drug-likeness (QED) is 0.274. The third-order valence-corrected chi connectivity index (χ3v) is 8.13. The zero-order valence-corrected chi connectivity index (χ0v) is 26.4. The van der Waals surface area contributed by atoms with E-state index in [9.17, 15) is 35.2 Å². The van der Waals surface area contributed by atoms with Crippen molar-refractivity contribution < 1.29 is 35.1 Å². The van der Waals surface area contributed by atoms with Gasteiger partial charge in [-0.25, -0.2) is 45.7 Å². The SMILES string of the molecule is CN1C=C(Br)C=C(S(N)(=O)=O)C1O.COc1ncc(Br)cc1S(N)(=O)=O.NS(=O)(=O)c1cc(Br)c[nH]c1=O. The van der Waals surface area contributed by atoms with Gasteiger partial charge in [-0.1, -0.05) is 0 Å². The molecule has 15 nitrogen and oxygen atoms in total. The number of halogens is 3. The molecule has 0 amide bonds. The Bertz CT molecular complexity index is 1630. The highest BCUT2D eigenvalue weighted by Crippen LogP contribution is 2.24. The summed E-state index contributed by atoms with van der Waals surface area (Å²) >= 11 is 9.18. The first-order valence-electron chi connectivity index (χ1n) is 9.33. The van der Waals surface area contributed by atoms with Crippen molar-refractivity contribution in [1.82, 2.24) is 14.9 Å². The Kier molecular flexibility index (Phi) is 12.3. The molecule has 21 heteroatoms. The second kappa shape index (κ2) is 13.6. The van der Waals surface area contributed by atoms with Gasteiger partial charge in [-0.2, -0.15) is 0 Å². The van der Waals surface area contributed by atoms with E-state index in [1.54, 1.807) is 13.2 Å². The smallest absolute Gasteiger partial charge is 0.268 e. The van der Waals surface area contributed by atoms with E-state index in [1.807, 2.05) is 0 Å². The lowest BCUT2D eigenvalue weighted by Crippen LogP contribution is -2.36. The Hall–Kier alpha value is -1.69. The predicted molar refractivity (Wildman–Crippen MR) is 148 cm³/mol. The van der Waals surface area contributed by atoms with E-state index >= 15 is 0 Å². The van der Waals surface area contributed by atoms with E-state index in [0.717, 1.165) is 6.07 Å². The number of methoxy groups -OCH3 is 1. The summed E-state index contributed by atoms with van der Waals surface area (Å²) in [4.78, 5) is 17.4. The topological polar surface area (TPSA) is 259 Å². The summed E-state index contributed by atoms with van der Waals surface area (Å²) in [7, 11) is -8.69. The maximum absolute atomic E-state index is 11.0. The van der Waals surface area contributed by atoms with Gasteiger partial charge >= 0.3 is 0 Å². The lowest BCUT2D eigenvalue weighted by Gasteiger charge is -2.26. The number of aliphatic hydroxyl groups excluding tert-OH is 1. The minimum Gasteiger partial charge on any atom is -0.480 e. The van der Waals surface area contributed by atoms with Crippen LogP contribution >= 0.6 is 47.8 Å². The van der Waals surface area contributed by atoms with Crippen LogP contribution in [0, 0.1) is 0 Å². The molecule has 0 saturated heterocycles. The molecule has 1 unspecified atom stereocenters. The lowest BCUT2D eigenvalue weighted by atomic mass is 10.3. The number of rotatable bonds is 4. The van der Waals surface area contributed by atoms with Crippen LogP contribution in [0.2, 0.25) is 0 Å². The van der Waals surface area contributed by atoms with Gasteiger partial charge in [0.15, 0.2) is 6.23 Å². The van der Waals surface area contributed by atoms with Crippen molar-refractivity contribution in [2.45, 2.75) is 16.0 Å². The summed E-state index contributed by atoms with van der Waals surface area (Å²) in [5, 5.41) is 24.0. The molecule has 0 saturated carbocycles. The summed E-state index contributed by atoms with van der Waals surface area (Å²) in [5.41, 5.74) is -0.722. The van der Waals surface area contributed by atoms with E-state index in [-0.39, 0.29) is 15.7 Å². The van der Waals surface area contributed by atoms with Gasteiger partial charge in [0.1, 0.15) is 14.7 Å². The molecule has 1 aliphatic rings. The summed E-state index contributed by atoms with van der Waals surface area (Å²) < 4.78 is 71.7. The molecule has 0 radical (unpaired) electrons. The number of H-pyrrole nitrogens is 1. The fourth-order valence-corrected chi connectivity index (χ4v) is 6.09. The number of hydrogen-bond donors (Lipinski definition) is 5. The molecule has 3 heterocycles. The van der Waals surface area contributed by atoms with E-state index < -0.39 is 46.8 Å². The number of nitrogens with one attached hydrogen (secondary N) is 1. The second-order valence-electron chi connectivity index (χ2n) is 6.91. The molecule has 0 spiro atoms. The number of nitrogens with two attached hydrogens (primary N) is 3. The number of likely N-dealkylation sites (N-methyl/N-ethyl adjacent to an activating group) is 1. The summed E-state index contributed by atoms with van der Waals surface area (Å²) in [6.07, 6.45) is 4.38. The van der Waals surface area contributed by atoms with Gasteiger partial charge in [0.25, 0.3) is 5.56 Å². The molecule has 2 aromatic heterocycles. The van der Waals surface area contributed by atoms with Gasteiger partial charge in [0.2, 0.25) is 35.9 Å². The Labute approximate surface area is 243 Å². The van der Waals surface area contributed by atoms with Crippen LogP contribution in [-0.4, -0.2) is 65.6 Å². The van der Waals surface area contributed by atoms with E-state index in [2.05, 4.69) is 57.8 Å². The van der Waals surface area contributed by atoms with Crippen molar-refractivity contribution in [3.63, 3.8) is 0 Å². The standard InChI is InChI=1S/C6H7BrN2O3S.C6H9BrN2O3S.C5H5BrN2O3S/c1-12-6-5(13(8,10)11)2-4(7)3-9-6;1-9-3-4(7)2-5(6(9)10)13(8,11)12;6-3-1-4(12(7,10)11)5(9)8-2-3/h2-3H,1H3,(H2,8,10,11);2-3,6,10H,1H3,(H2,8,11,12);1-2H,(H,8,9)(H2,7,10,11). The van der Waals surface area contributed by atoms with Crippen LogP contribution in [-0.2, 0) is 30.1 Å².